The van der Waals surface area contributed by atoms with Gasteiger partial charge in [0.2, 0.25) is 0 Å². The minimum absolute atomic E-state index is 0.195. The molecule has 126 valence electrons. The van der Waals surface area contributed by atoms with E-state index >= 15 is 0 Å². The Labute approximate surface area is 135 Å². The van der Waals surface area contributed by atoms with Gasteiger partial charge in [0.15, 0.2) is 0 Å². The van der Waals surface area contributed by atoms with E-state index in [4.69, 9.17) is 9.47 Å². The van der Waals surface area contributed by atoms with Gasteiger partial charge in [-0.15, -0.1) is 0 Å². The van der Waals surface area contributed by atoms with E-state index in [-0.39, 0.29) is 12.5 Å². The minimum atomic E-state index is -1.33. The molecule has 23 heavy (non-hydrogen) atoms. The predicted octanol–water partition coefficient (Wildman–Crippen LogP) is 2.08. The number of amides is 1. The van der Waals surface area contributed by atoms with Crippen molar-refractivity contribution in [2.45, 2.75) is 38.8 Å². The molecule has 1 amide bonds. The third kappa shape index (κ3) is 2.79. The topological polar surface area (TPSA) is 84.9 Å². The number of carboxylic acids is 1. The van der Waals surface area contributed by atoms with Crippen molar-refractivity contribution in [3.8, 4) is 5.75 Å². The first-order valence-corrected chi connectivity index (χ1v) is 7.60. The molecule has 1 aromatic carbocycles. The fraction of sp³-hybridized carbons (Fsp3) is 0.529. The molecular weight excluding hydrogens is 298 g/mol. The van der Waals surface area contributed by atoms with Gasteiger partial charge in [0.1, 0.15) is 11.3 Å². The Bertz CT molecular complexity index is 596. The largest absolute Gasteiger partial charge is 0.497 e. The van der Waals surface area contributed by atoms with Gasteiger partial charge in [0.25, 0.3) is 5.91 Å². The average molecular weight is 321 g/mol. The molecule has 1 aliphatic rings. The molecule has 0 aromatic heterocycles. The van der Waals surface area contributed by atoms with Crippen molar-refractivity contribution in [3.05, 3.63) is 29.8 Å². The van der Waals surface area contributed by atoms with Gasteiger partial charge in [-0.1, -0.05) is 13.8 Å². The smallest absolute Gasteiger partial charge is 0.330 e. The summed E-state index contributed by atoms with van der Waals surface area (Å²) in [4.78, 5) is 24.3. The zero-order chi connectivity index (χ0) is 17.3. The zero-order valence-electron chi connectivity index (χ0n) is 13.9. The molecule has 2 atom stereocenters. The SMILES string of the molecule is CCO[C@H]1C[C@@](NC(=O)c2ccc(OC)cc2)(C(=O)O)C1(C)C. The van der Waals surface area contributed by atoms with E-state index in [0.29, 0.717) is 17.9 Å². The van der Waals surface area contributed by atoms with E-state index in [2.05, 4.69) is 5.32 Å². The molecule has 0 heterocycles. The van der Waals surface area contributed by atoms with Gasteiger partial charge in [0.05, 0.1) is 13.2 Å². The molecule has 6 heteroatoms. The number of carbonyl (C=O) groups excluding carboxylic acids is 1. The van der Waals surface area contributed by atoms with Crippen LogP contribution in [0.4, 0.5) is 0 Å². The molecule has 0 spiro atoms. The van der Waals surface area contributed by atoms with Gasteiger partial charge in [-0.2, -0.15) is 0 Å². The van der Waals surface area contributed by atoms with E-state index < -0.39 is 22.8 Å². The van der Waals surface area contributed by atoms with Gasteiger partial charge in [-0.25, -0.2) is 4.79 Å². The maximum absolute atomic E-state index is 12.5. The Kier molecular flexibility index (Phi) is 4.66. The second kappa shape index (κ2) is 6.20. The molecule has 2 rings (SSSR count). The van der Waals surface area contributed by atoms with Crippen LogP contribution in [0.25, 0.3) is 0 Å². The molecule has 1 aliphatic carbocycles. The van der Waals surface area contributed by atoms with Crippen LogP contribution in [-0.4, -0.2) is 42.3 Å². The highest BCUT2D eigenvalue weighted by Crippen LogP contribution is 2.51. The summed E-state index contributed by atoms with van der Waals surface area (Å²) in [5, 5.41) is 12.4. The molecule has 1 aromatic rings. The highest BCUT2D eigenvalue weighted by Gasteiger charge is 2.66. The Morgan fingerprint density at radius 2 is 1.91 bits per heavy atom. The number of hydrogen-bond donors (Lipinski definition) is 2. The molecule has 1 saturated carbocycles. The molecule has 0 aliphatic heterocycles. The van der Waals surface area contributed by atoms with Gasteiger partial charge in [0, 0.05) is 24.0 Å². The number of aliphatic carboxylic acids is 1. The molecule has 0 unspecified atom stereocenters. The first-order valence-electron chi connectivity index (χ1n) is 7.60. The number of nitrogens with one attached hydrogen (secondary N) is 1. The molecule has 0 radical (unpaired) electrons. The number of methoxy groups -OCH3 is 1. The lowest BCUT2D eigenvalue weighted by Gasteiger charge is -2.58. The predicted molar refractivity (Wildman–Crippen MR) is 84.6 cm³/mol. The second-order valence-corrected chi connectivity index (χ2v) is 6.26. The zero-order valence-corrected chi connectivity index (χ0v) is 13.9. The number of rotatable bonds is 6. The number of carboxylic acid groups (broad SMARTS) is 1. The van der Waals surface area contributed by atoms with Crippen molar-refractivity contribution in [2.75, 3.05) is 13.7 Å². The number of ether oxygens (including phenoxy) is 2. The Morgan fingerprint density at radius 3 is 2.35 bits per heavy atom. The lowest BCUT2D eigenvalue weighted by Crippen LogP contribution is -2.76. The van der Waals surface area contributed by atoms with Crippen LogP contribution in [0.5, 0.6) is 5.75 Å². The highest BCUT2D eigenvalue weighted by molar-refractivity contribution is 5.98. The Morgan fingerprint density at radius 1 is 1.30 bits per heavy atom. The van der Waals surface area contributed by atoms with Crippen LogP contribution in [0, 0.1) is 5.41 Å². The standard InChI is InChI=1S/C17H23NO5/c1-5-23-13-10-17(15(20)21,16(13,2)3)18-14(19)11-6-8-12(22-4)9-7-11/h6-9,13H,5,10H2,1-4H3,(H,18,19)(H,20,21)/t13-,17+/m0/s1. The van der Waals surface area contributed by atoms with Crippen LogP contribution >= 0.6 is 0 Å². The van der Waals surface area contributed by atoms with Crippen molar-refractivity contribution < 1.29 is 24.2 Å². The fourth-order valence-electron chi connectivity index (χ4n) is 3.05. The third-order valence-electron chi connectivity index (χ3n) is 4.81. The lowest BCUT2D eigenvalue weighted by molar-refractivity contribution is -0.190. The maximum Gasteiger partial charge on any atom is 0.330 e. The monoisotopic (exact) mass is 321 g/mol. The summed E-state index contributed by atoms with van der Waals surface area (Å²) in [5.74, 6) is -0.826. The number of hydrogen-bond acceptors (Lipinski definition) is 4. The lowest BCUT2D eigenvalue weighted by atomic mass is 9.54. The summed E-state index contributed by atoms with van der Waals surface area (Å²) in [6, 6.07) is 6.54. The van der Waals surface area contributed by atoms with Gasteiger partial charge < -0.3 is 19.9 Å². The van der Waals surface area contributed by atoms with Gasteiger partial charge >= 0.3 is 5.97 Å². The van der Waals surface area contributed by atoms with Crippen LogP contribution in [0.15, 0.2) is 24.3 Å². The van der Waals surface area contributed by atoms with Crippen LogP contribution < -0.4 is 10.1 Å². The third-order valence-corrected chi connectivity index (χ3v) is 4.81. The van der Waals surface area contributed by atoms with Crippen molar-refractivity contribution >= 4 is 11.9 Å². The molecule has 6 nitrogen and oxygen atoms in total. The van der Waals surface area contributed by atoms with E-state index in [1.54, 1.807) is 45.2 Å². The second-order valence-electron chi connectivity index (χ2n) is 6.26. The number of benzene rings is 1. The van der Waals surface area contributed by atoms with Gasteiger partial charge in [-0.3, -0.25) is 4.79 Å². The summed E-state index contributed by atoms with van der Waals surface area (Å²) in [5.41, 5.74) is -1.64. The summed E-state index contributed by atoms with van der Waals surface area (Å²) >= 11 is 0. The Balaban J connectivity index is 2.20. The molecular formula is C17H23NO5. The Hall–Kier alpha value is -2.08. The first kappa shape index (κ1) is 17.3. The van der Waals surface area contributed by atoms with Crippen LogP contribution in [0.3, 0.4) is 0 Å². The van der Waals surface area contributed by atoms with Crippen molar-refractivity contribution in [3.63, 3.8) is 0 Å². The van der Waals surface area contributed by atoms with Crippen molar-refractivity contribution in [2.24, 2.45) is 5.41 Å². The van der Waals surface area contributed by atoms with Crippen LogP contribution in [-0.2, 0) is 9.53 Å². The maximum atomic E-state index is 12.5. The average Bonchev–Trinajstić information content (AvgIpc) is 2.53. The van der Waals surface area contributed by atoms with E-state index in [1.807, 2.05) is 6.92 Å². The summed E-state index contributed by atoms with van der Waals surface area (Å²) in [6.45, 7) is 5.99. The normalized spacial score (nSPS) is 25.3. The van der Waals surface area contributed by atoms with Gasteiger partial charge in [-0.05, 0) is 31.2 Å². The summed E-state index contributed by atoms with van der Waals surface area (Å²) in [7, 11) is 1.54. The van der Waals surface area contributed by atoms with Crippen molar-refractivity contribution in [1.82, 2.24) is 5.32 Å². The fourth-order valence-corrected chi connectivity index (χ4v) is 3.05. The van der Waals surface area contributed by atoms with E-state index in [0.717, 1.165) is 0 Å². The highest BCUT2D eigenvalue weighted by atomic mass is 16.5. The number of carbonyl (C=O) groups is 2. The quantitative estimate of drug-likeness (QED) is 0.838. The van der Waals surface area contributed by atoms with E-state index in [9.17, 15) is 14.7 Å². The molecule has 2 N–H and O–H groups in total. The van der Waals surface area contributed by atoms with Crippen molar-refractivity contribution in [1.29, 1.82) is 0 Å². The first-order chi connectivity index (χ1) is 10.8. The van der Waals surface area contributed by atoms with Crippen LogP contribution in [0.1, 0.15) is 37.6 Å². The summed E-state index contributed by atoms with van der Waals surface area (Å²) in [6.07, 6.45) is 0.0604. The minimum Gasteiger partial charge on any atom is -0.497 e. The van der Waals surface area contributed by atoms with E-state index in [1.165, 1.54) is 0 Å². The molecule has 0 bridgehead atoms. The molecule has 1 fully saturated rings. The van der Waals surface area contributed by atoms with Crippen LogP contribution in [0.2, 0.25) is 0 Å². The summed E-state index contributed by atoms with van der Waals surface area (Å²) < 4.78 is 10.6. The molecule has 0 saturated heterocycles.